The monoisotopic (exact) mass is 254 g/mol. The van der Waals surface area contributed by atoms with E-state index >= 15 is 0 Å². The van der Waals surface area contributed by atoms with E-state index in [-0.39, 0.29) is 12.7 Å². The fourth-order valence-corrected chi connectivity index (χ4v) is 2.65. The van der Waals surface area contributed by atoms with Crippen molar-refractivity contribution in [2.24, 2.45) is 5.92 Å². The van der Waals surface area contributed by atoms with Crippen LogP contribution in [0.4, 0.5) is 0 Å². The second-order valence-electron chi connectivity index (χ2n) is 4.92. The van der Waals surface area contributed by atoms with Gasteiger partial charge >= 0.3 is 0 Å². The highest BCUT2D eigenvalue weighted by atomic mass is 35.5. The largest absolute Gasteiger partial charge is 0.490 e. The summed E-state index contributed by atoms with van der Waals surface area (Å²) < 4.78 is 5.98. The van der Waals surface area contributed by atoms with Crippen LogP contribution in [0.1, 0.15) is 38.2 Å². The summed E-state index contributed by atoms with van der Waals surface area (Å²) in [6.45, 7) is 2.24. The van der Waals surface area contributed by atoms with Crippen molar-refractivity contribution in [3.63, 3.8) is 0 Å². The first-order valence-corrected chi connectivity index (χ1v) is 6.62. The molecule has 0 amide bonds. The predicted molar refractivity (Wildman–Crippen MR) is 69.4 cm³/mol. The van der Waals surface area contributed by atoms with Gasteiger partial charge in [0.15, 0.2) is 0 Å². The number of aliphatic hydroxyl groups is 1. The maximum atomic E-state index is 9.29. The lowest BCUT2D eigenvalue weighted by molar-refractivity contribution is 0.125. The van der Waals surface area contributed by atoms with E-state index in [0.29, 0.717) is 5.02 Å². The molecule has 17 heavy (non-hydrogen) atoms. The van der Waals surface area contributed by atoms with Gasteiger partial charge in [-0.25, -0.2) is 0 Å². The summed E-state index contributed by atoms with van der Waals surface area (Å²) in [6, 6.07) is 5.43. The van der Waals surface area contributed by atoms with Crippen molar-refractivity contribution in [2.75, 3.05) is 0 Å². The van der Waals surface area contributed by atoms with Crippen molar-refractivity contribution >= 4 is 11.6 Å². The molecule has 0 radical (unpaired) electrons. The second kappa shape index (κ2) is 5.74. The zero-order chi connectivity index (χ0) is 12.3. The summed E-state index contributed by atoms with van der Waals surface area (Å²) in [4.78, 5) is 0. The fourth-order valence-electron chi connectivity index (χ4n) is 2.45. The molecule has 0 aromatic heterocycles. The Morgan fingerprint density at radius 3 is 2.94 bits per heavy atom. The third-order valence-corrected chi connectivity index (χ3v) is 3.61. The van der Waals surface area contributed by atoms with Crippen molar-refractivity contribution in [1.29, 1.82) is 0 Å². The number of aliphatic hydroxyl groups excluding tert-OH is 1. The highest BCUT2D eigenvalue weighted by Gasteiger charge is 2.21. The number of hydrogen-bond acceptors (Lipinski definition) is 2. The zero-order valence-corrected chi connectivity index (χ0v) is 10.9. The van der Waals surface area contributed by atoms with E-state index in [1.165, 1.54) is 12.8 Å². The number of halogens is 1. The molecule has 1 aliphatic carbocycles. The Morgan fingerprint density at radius 2 is 2.24 bits per heavy atom. The molecule has 1 saturated carbocycles. The predicted octanol–water partition coefficient (Wildman–Crippen LogP) is 3.79. The average molecular weight is 255 g/mol. The van der Waals surface area contributed by atoms with E-state index < -0.39 is 0 Å². The van der Waals surface area contributed by atoms with E-state index in [1.807, 2.05) is 12.1 Å². The first-order chi connectivity index (χ1) is 8.19. The minimum atomic E-state index is -0.0296. The van der Waals surface area contributed by atoms with Gasteiger partial charge in [0.1, 0.15) is 5.75 Å². The summed E-state index contributed by atoms with van der Waals surface area (Å²) in [5.41, 5.74) is 0.774. The topological polar surface area (TPSA) is 29.5 Å². The molecule has 0 heterocycles. The van der Waals surface area contributed by atoms with Crippen LogP contribution in [0.3, 0.4) is 0 Å². The maximum absolute atomic E-state index is 9.29. The van der Waals surface area contributed by atoms with E-state index in [2.05, 4.69) is 6.92 Å². The van der Waals surface area contributed by atoms with Gasteiger partial charge in [0.2, 0.25) is 0 Å². The molecule has 1 aromatic carbocycles. The van der Waals surface area contributed by atoms with E-state index in [1.54, 1.807) is 6.07 Å². The SMILES string of the molecule is CC1CCCC(Oc2ccc(Cl)cc2CO)C1. The van der Waals surface area contributed by atoms with Crippen LogP contribution in [0.15, 0.2) is 18.2 Å². The maximum Gasteiger partial charge on any atom is 0.125 e. The Morgan fingerprint density at radius 1 is 1.41 bits per heavy atom. The number of hydrogen-bond donors (Lipinski definition) is 1. The quantitative estimate of drug-likeness (QED) is 0.889. The van der Waals surface area contributed by atoms with E-state index in [9.17, 15) is 5.11 Å². The highest BCUT2D eigenvalue weighted by molar-refractivity contribution is 6.30. The molecule has 1 aliphatic rings. The Hall–Kier alpha value is -0.730. The van der Waals surface area contributed by atoms with Crippen LogP contribution in [0.2, 0.25) is 5.02 Å². The van der Waals surface area contributed by atoms with Gasteiger partial charge in [0, 0.05) is 10.6 Å². The molecular formula is C14H19ClO2. The molecule has 0 spiro atoms. The first kappa shape index (κ1) is 12.7. The first-order valence-electron chi connectivity index (χ1n) is 6.25. The Bertz CT molecular complexity index is 378. The van der Waals surface area contributed by atoms with Crippen molar-refractivity contribution < 1.29 is 9.84 Å². The van der Waals surface area contributed by atoms with Gasteiger partial charge < -0.3 is 9.84 Å². The Balaban J connectivity index is 2.07. The van der Waals surface area contributed by atoms with Crippen LogP contribution in [-0.2, 0) is 6.61 Å². The van der Waals surface area contributed by atoms with Crippen LogP contribution < -0.4 is 4.74 Å². The molecule has 1 aromatic rings. The van der Waals surface area contributed by atoms with E-state index in [0.717, 1.165) is 30.1 Å². The molecule has 94 valence electrons. The molecule has 0 bridgehead atoms. The molecule has 3 heteroatoms. The molecule has 1 N–H and O–H groups in total. The molecule has 2 unspecified atom stereocenters. The highest BCUT2D eigenvalue weighted by Crippen LogP contribution is 2.30. The van der Waals surface area contributed by atoms with Gasteiger partial charge in [-0.15, -0.1) is 0 Å². The third kappa shape index (κ3) is 3.36. The molecule has 0 aliphatic heterocycles. The minimum absolute atomic E-state index is 0.0296. The number of ether oxygens (including phenoxy) is 1. The zero-order valence-electron chi connectivity index (χ0n) is 10.2. The average Bonchev–Trinajstić information content (AvgIpc) is 2.31. The smallest absolute Gasteiger partial charge is 0.125 e. The van der Waals surface area contributed by atoms with Crippen LogP contribution in [0, 0.1) is 5.92 Å². The van der Waals surface area contributed by atoms with Gasteiger partial charge in [0.25, 0.3) is 0 Å². The molecular weight excluding hydrogens is 236 g/mol. The molecule has 0 saturated heterocycles. The van der Waals surface area contributed by atoms with Gasteiger partial charge in [-0.2, -0.15) is 0 Å². The number of rotatable bonds is 3. The van der Waals surface area contributed by atoms with Gasteiger partial charge in [-0.05, 0) is 43.4 Å². The summed E-state index contributed by atoms with van der Waals surface area (Å²) in [6.07, 6.45) is 5.03. The van der Waals surface area contributed by atoms with E-state index in [4.69, 9.17) is 16.3 Å². The van der Waals surface area contributed by atoms with Crippen molar-refractivity contribution in [1.82, 2.24) is 0 Å². The Labute approximate surface area is 108 Å². The minimum Gasteiger partial charge on any atom is -0.490 e. The lowest BCUT2D eigenvalue weighted by atomic mass is 9.88. The van der Waals surface area contributed by atoms with Gasteiger partial charge in [-0.1, -0.05) is 24.9 Å². The standard InChI is InChI=1S/C14H19ClO2/c1-10-3-2-4-13(7-10)17-14-6-5-12(15)8-11(14)9-16/h5-6,8,10,13,16H,2-4,7,9H2,1H3. The van der Waals surface area contributed by atoms with Crippen LogP contribution in [0.25, 0.3) is 0 Å². The number of benzene rings is 1. The second-order valence-corrected chi connectivity index (χ2v) is 5.36. The molecule has 2 nitrogen and oxygen atoms in total. The van der Waals surface area contributed by atoms with Gasteiger partial charge in [-0.3, -0.25) is 0 Å². The summed E-state index contributed by atoms with van der Waals surface area (Å²) >= 11 is 5.89. The van der Waals surface area contributed by atoms with Crippen LogP contribution >= 0.6 is 11.6 Å². The molecule has 2 atom stereocenters. The van der Waals surface area contributed by atoms with Crippen molar-refractivity contribution in [3.8, 4) is 5.75 Å². The summed E-state index contributed by atoms with van der Waals surface area (Å²) in [5, 5.41) is 9.92. The summed E-state index contributed by atoms with van der Waals surface area (Å²) in [5.74, 6) is 1.51. The van der Waals surface area contributed by atoms with Crippen molar-refractivity contribution in [2.45, 2.75) is 45.3 Å². The lowest BCUT2D eigenvalue weighted by Gasteiger charge is -2.28. The molecule has 1 fully saturated rings. The Kier molecular flexibility index (Phi) is 4.30. The van der Waals surface area contributed by atoms with Gasteiger partial charge in [0.05, 0.1) is 12.7 Å². The third-order valence-electron chi connectivity index (χ3n) is 3.37. The summed E-state index contributed by atoms with van der Waals surface area (Å²) in [7, 11) is 0. The fraction of sp³-hybridized carbons (Fsp3) is 0.571. The normalized spacial score (nSPS) is 24.6. The lowest BCUT2D eigenvalue weighted by Crippen LogP contribution is -2.24. The van der Waals surface area contributed by atoms with Crippen LogP contribution in [0.5, 0.6) is 5.75 Å². The van der Waals surface area contributed by atoms with Crippen molar-refractivity contribution in [3.05, 3.63) is 28.8 Å². The molecule has 2 rings (SSSR count). The van der Waals surface area contributed by atoms with Crippen LogP contribution in [-0.4, -0.2) is 11.2 Å².